The van der Waals surface area contributed by atoms with Gasteiger partial charge in [-0.2, -0.15) is 0 Å². The molecule has 0 spiro atoms. The average molecular weight is 385 g/mol. The molecule has 1 fully saturated rings. The third-order valence-electron chi connectivity index (χ3n) is 5.69. The maximum atomic E-state index is 13.2. The molecule has 0 saturated carbocycles. The lowest BCUT2D eigenvalue weighted by atomic mass is 10.0. The second kappa shape index (κ2) is 7.33. The number of fused-ring (bicyclic) bond motifs is 2. The molecule has 0 aliphatic carbocycles. The summed E-state index contributed by atoms with van der Waals surface area (Å²) >= 11 is 0. The number of rotatable bonds is 3. The van der Waals surface area contributed by atoms with Gasteiger partial charge in [0.25, 0.3) is 5.91 Å². The first-order valence-electron chi connectivity index (χ1n) is 10.1. The predicted octanol–water partition coefficient (Wildman–Crippen LogP) is 4.47. The number of amides is 1. The van der Waals surface area contributed by atoms with Gasteiger partial charge in [-0.1, -0.05) is 36.4 Å². The van der Waals surface area contributed by atoms with Crippen LogP contribution in [0.15, 0.2) is 65.1 Å². The van der Waals surface area contributed by atoms with Crippen LogP contribution >= 0.6 is 0 Å². The number of para-hydroxylation sites is 2. The van der Waals surface area contributed by atoms with Crippen molar-refractivity contribution in [3.63, 3.8) is 0 Å². The number of carbonyl (C=O) groups is 1. The molecule has 2 aromatic carbocycles. The summed E-state index contributed by atoms with van der Waals surface area (Å²) in [6.45, 7) is 2.01. The molecule has 146 valence electrons. The van der Waals surface area contributed by atoms with E-state index in [0.29, 0.717) is 17.0 Å². The van der Waals surface area contributed by atoms with Crippen LogP contribution in [0.2, 0.25) is 0 Å². The van der Waals surface area contributed by atoms with Crippen LogP contribution < -0.4 is 5.32 Å². The Kier molecular flexibility index (Phi) is 4.52. The Hall–Kier alpha value is -3.18. The van der Waals surface area contributed by atoms with E-state index in [4.69, 9.17) is 9.40 Å². The number of piperidine rings is 1. The fourth-order valence-electron chi connectivity index (χ4n) is 4.01. The lowest BCUT2D eigenvalue weighted by Gasteiger charge is -2.29. The monoisotopic (exact) mass is 385 g/mol. The summed E-state index contributed by atoms with van der Waals surface area (Å²) in [7, 11) is 2.12. The number of aromatic nitrogens is 1. The fourth-order valence-corrected chi connectivity index (χ4v) is 4.01. The van der Waals surface area contributed by atoms with Gasteiger partial charge in [0, 0.05) is 16.8 Å². The summed E-state index contributed by atoms with van der Waals surface area (Å²) in [5.41, 5.74) is 2.92. The van der Waals surface area contributed by atoms with Crippen LogP contribution in [0, 0.1) is 0 Å². The molecular weight excluding hydrogens is 362 g/mol. The maximum absolute atomic E-state index is 13.2. The van der Waals surface area contributed by atoms with E-state index in [1.165, 1.54) is 0 Å². The highest BCUT2D eigenvalue weighted by atomic mass is 16.3. The van der Waals surface area contributed by atoms with Gasteiger partial charge >= 0.3 is 0 Å². The average Bonchev–Trinajstić information content (AvgIpc) is 3.19. The summed E-state index contributed by atoms with van der Waals surface area (Å²) in [6, 6.07) is 19.7. The van der Waals surface area contributed by atoms with E-state index in [1.54, 1.807) is 0 Å². The van der Waals surface area contributed by atoms with Gasteiger partial charge in [0.05, 0.1) is 11.1 Å². The number of benzene rings is 2. The molecule has 3 heterocycles. The zero-order valence-corrected chi connectivity index (χ0v) is 16.4. The molecule has 0 bridgehead atoms. The van der Waals surface area contributed by atoms with Crippen molar-refractivity contribution in [2.24, 2.45) is 0 Å². The minimum Gasteiger partial charge on any atom is -0.454 e. The highest BCUT2D eigenvalue weighted by Crippen LogP contribution is 2.29. The van der Waals surface area contributed by atoms with Crippen molar-refractivity contribution < 1.29 is 9.21 Å². The highest BCUT2D eigenvalue weighted by molar-refractivity contribution is 6.07. The first-order chi connectivity index (χ1) is 14.2. The Morgan fingerprint density at radius 3 is 2.66 bits per heavy atom. The number of nitrogens with zero attached hydrogens (tertiary/aromatic N) is 2. The van der Waals surface area contributed by atoms with Gasteiger partial charge in [-0.25, -0.2) is 4.98 Å². The van der Waals surface area contributed by atoms with Crippen LogP contribution in [-0.4, -0.2) is 42.0 Å². The molecule has 1 aliphatic heterocycles. The molecule has 2 aromatic heterocycles. The van der Waals surface area contributed by atoms with E-state index in [9.17, 15) is 4.79 Å². The van der Waals surface area contributed by atoms with Gasteiger partial charge in [0.2, 0.25) is 0 Å². The molecule has 0 unspecified atom stereocenters. The van der Waals surface area contributed by atoms with Gasteiger partial charge in [-0.3, -0.25) is 4.79 Å². The number of furan rings is 1. The van der Waals surface area contributed by atoms with E-state index in [1.807, 2.05) is 60.7 Å². The van der Waals surface area contributed by atoms with E-state index in [-0.39, 0.29) is 11.9 Å². The van der Waals surface area contributed by atoms with Crippen molar-refractivity contribution in [3.8, 4) is 11.5 Å². The Morgan fingerprint density at radius 1 is 1.07 bits per heavy atom. The zero-order chi connectivity index (χ0) is 19.8. The van der Waals surface area contributed by atoms with E-state index >= 15 is 0 Å². The van der Waals surface area contributed by atoms with Crippen LogP contribution in [-0.2, 0) is 0 Å². The molecular formula is C24H23N3O2. The second-order valence-electron chi connectivity index (χ2n) is 7.77. The number of hydrogen-bond donors (Lipinski definition) is 1. The van der Waals surface area contributed by atoms with Gasteiger partial charge in [-0.15, -0.1) is 0 Å². The van der Waals surface area contributed by atoms with Crippen LogP contribution in [0.5, 0.6) is 0 Å². The lowest BCUT2D eigenvalue weighted by Crippen LogP contribution is -2.43. The Balaban J connectivity index is 1.54. The molecule has 5 heteroatoms. The van der Waals surface area contributed by atoms with Crippen molar-refractivity contribution in [3.05, 3.63) is 66.2 Å². The number of nitrogens with one attached hydrogen (secondary N) is 1. The molecule has 4 aromatic rings. The molecule has 1 aliphatic rings. The van der Waals surface area contributed by atoms with Crippen molar-refractivity contribution in [2.75, 3.05) is 20.1 Å². The van der Waals surface area contributed by atoms with E-state index in [0.717, 1.165) is 47.8 Å². The van der Waals surface area contributed by atoms with Crippen LogP contribution in [0.4, 0.5) is 0 Å². The predicted molar refractivity (Wildman–Crippen MR) is 115 cm³/mol. The molecule has 0 atom stereocenters. The van der Waals surface area contributed by atoms with Crippen LogP contribution in [0.1, 0.15) is 23.2 Å². The van der Waals surface area contributed by atoms with E-state index < -0.39 is 0 Å². The Labute approximate surface area is 169 Å². The molecule has 1 amide bonds. The van der Waals surface area contributed by atoms with Crippen molar-refractivity contribution >= 4 is 27.8 Å². The Bertz CT molecular complexity index is 1160. The van der Waals surface area contributed by atoms with E-state index in [2.05, 4.69) is 17.3 Å². The topological polar surface area (TPSA) is 58.4 Å². The number of likely N-dealkylation sites (tertiary alicyclic amines) is 1. The number of hydrogen-bond acceptors (Lipinski definition) is 4. The largest absolute Gasteiger partial charge is 0.454 e. The van der Waals surface area contributed by atoms with Gasteiger partial charge in [0.15, 0.2) is 5.76 Å². The minimum atomic E-state index is -0.0458. The molecule has 1 N–H and O–H groups in total. The van der Waals surface area contributed by atoms with Crippen molar-refractivity contribution in [1.29, 1.82) is 0 Å². The molecule has 1 saturated heterocycles. The van der Waals surface area contributed by atoms with Gasteiger partial charge in [0.1, 0.15) is 11.3 Å². The zero-order valence-electron chi connectivity index (χ0n) is 16.4. The number of pyridine rings is 1. The van der Waals surface area contributed by atoms with Gasteiger partial charge < -0.3 is 14.6 Å². The summed E-state index contributed by atoms with van der Waals surface area (Å²) < 4.78 is 6.00. The summed E-state index contributed by atoms with van der Waals surface area (Å²) in [4.78, 5) is 20.2. The number of carbonyl (C=O) groups excluding carboxylic acids is 1. The molecule has 5 nitrogen and oxygen atoms in total. The van der Waals surface area contributed by atoms with Crippen LogP contribution in [0.25, 0.3) is 33.3 Å². The first kappa shape index (κ1) is 17.9. The third kappa shape index (κ3) is 3.49. The minimum absolute atomic E-state index is 0.0458. The van der Waals surface area contributed by atoms with Crippen molar-refractivity contribution in [1.82, 2.24) is 15.2 Å². The molecule has 0 radical (unpaired) electrons. The maximum Gasteiger partial charge on any atom is 0.252 e. The third-order valence-corrected chi connectivity index (χ3v) is 5.69. The standard InChI is InChI=1S/C24H23N3O2/c1-27-12-10-17(11-13-27)25-24(28)19-15-21(26-20-8-4-3-7-18(19)20)23-14-16-6-2-5-9-22(16)29-23/h2-9,14-15,17H,10-13H2,1H3,(H,25,28). The van der Waals surface area contributed by atoms with Crippen LogP contribution in [0.3, 0.4) is 0 Å². The summed E-state index contributed by atoms with van der Waals surface area (Å²) in [5.74, 6) is 0.626. The second-order valence-corrected chi connectivity index (χ2v) is 7.77. The van der Waals surface area contributed by atoms with Crippen molar-refractivity contribution in [2.45, 2.75) is 18.9 Å². The molecule has 29 heavy (non-hydrogen) atoms. The smallest absolute Gasteiger partial charge is 0.252 e. The molecule has 5 rings (SSSR count). The normalized spacial score (nSPS) is 15.8. The van der Waals surface area contributed by atoms with Gasteiger partial charge in [-0.05, 0) is 57.2 Å². The fraction of sp³-hybridized carbons (Fsp3) is 0.250. The Morgan fingerprint density at radius 2 is 1.83 bits per heavy atom. The first-order valence-corrected chi connectivity index (χ1v) is 10.1. The lowest BCUT2D eigenvalue weighted by molar-refractivity contribution is 0.0918. The SMILES string of the molecule is CN1CCC(NC(=O)c2cc(-c3cc4ccccc4o3)nc3ccccc23)CC1. The highest BCUT2D eigenvalue weighted by Gasteiger charge is 2.21. The summed E-state index contributed by atoms with van der Waals surface area (Å²) in [6.07, 6.45) is 1.95. The quantitative estimate of drug-likeness (QED) is 0.565. The summed E-state index contributed by atoms with van der Waals surface area (Å²) in [5, 5.41) is 5.11.